The van der Waals surface area contributed by atoms with Gasteiger partial charge >= 0.3 is 0 Å². The van der Waals surface area contributed by atoms with Crippen LogP contribution >= 0.6 is 11.8 Å². The summed E-state index contributed by atoms with van der Waals surface area (Å²) in [5.41, 5.74) is 0.832. The number of carbonyl (C=O) groups is 1. The molecule has 0 unspecified atom stereocenters. The van der Waals surface area contributed by atoms with Gasteiger partial charge in [0.05, 0.1) is 5.69 Å². The Morgan fingerprint density at radius 1 is 1.33 bits per heavy atom. The molecular formula is C20H18FN3O2S. The zero-order chi connectivity index (χ0) is 19.2. The predicted molar refractivity (Wildman–Crippen MR) is 104 cm³/mol. The summed E-state index contributed by atoms with van der Waals surface area (Å²) in [7, 11) is 1.87. The standard InChI is InChI=1S/C20H18FN3O2S/c1-3-12-26-16-7-4-14(5-8-16)19(25)23-17-13-15(21)6-9-18(17)27-20-22-10-11-24(20)2/h3-11,13H,1,12H2,2H3,(H,23,25). The first-order valence-electron chi connectivity index (χ1n) is 8.16. The fraction of sp³-hybridized carbons (Fsp3) is 0.100. The summed E-state index contributed by atoms with van der Waals surface area (Å²) in [6.45, 7) is 3.98. The van der Waals surface area contributed by atoms with Crippen molar-refractivity contribution in [1.29, 1.82) is 0 Å². The van der Waals surface area contributed by atoms with Crippen molar-refractivity contribution in [3.8, 4) is 5.75 Å². The topological polar surface area (TPSA) is 56.1 Å². The lowest BCUT2D eigenvalue weighted by atomic mass is 10.2. The van der Waals surface area contributed by atoms with Crippen molar-refractivity contribution in [3.63, 3.8) is 0 Å². The minimum Gasteiger partial charge on any atom is -0.490 e. The van der Waals surface area contributed by atoms with E-state index in [-0.39, 0.29) is 5.91 Å². The second kappa shape index (κ2) is 8.55. The number of anilines is 1. The van der Waals surface area contributed by atoms with E-state index in [1.807, 2.05) is 17.8 Å². The molecule has 2 aromatic carbocycles. The van der Waals surface area contributed by atoms with Crippen LogP contribution in [0.2, 0.25) is 0 Å². The van der Waals surface area contributed by atoms with E-state index < -0.39 is 5.82 Å². The van der Waals surface area contributed by atoms with E-state index in [9.17, 15) is 9.18 Å². The third-order valence-corrected chi connectivity index (χ3v) is 4.80. The number of rotatable bonds is 7. The maximum atomic E-state index is 13.7. The van der Waals surface area contributed by atoms with Gasteiger partial charge in [-0.05, 0) is 54.2 Å². The molecule has 3 rings (SSSR count). The van der Waals surface area contributed by atoms with E-state index in [2.05, 4.69) is 16.9 Å². The average molecular weight is 383 g/mol. The molecule has 0 aliphatic heterocycles. The van der Waals surface area contributed by atoms with Gasteiger partial charge in [-0.1, -0.05) is 12.7 Å². The molecule has 0 fully saturated rings. The summed E-state index contributed by atoms with van der Waals surface area (Å²) in [6.07, 6.45) is 5.14. The molecule has 1 aromatic heterocycles. The summed E-state index contributed by atoms with van der Waals surface area (Å²) in [5.74, 6) is -0.122. The highest BCUT2D eigenvalue weighted by molar-refractivity contribution is 7.99. The number of hydrogen-bond acceptors (Lipinski definition) is 4. The largest absolute Gasteiger partial charge is 0.490 e. The number of hydrogen-bond donors (Lipinski definition) is 1. The maximum absolute atomic E-state index is 13.7. The smallest absolute Gasteiger partial charge is 0.255 e. The van der Waals surface area contributed by atoms with Crippen LogP contribution in [0.3, 0.4) is 0 Å². The van der Waals surface area contributed by atoms with E-state index in [0.717, 1.165) is 5.16 Å². The number of benzene rings is 2. The third-order valence-electron chi connectivity index (χ3n) is 3.65. The van der Waals surface area contributed by atoms with Gasteiger partial charge in [0, 0.05) is 29.9 Å². The van der Waals surface area contributed by atoms with Crippen LogP contribution in [-0.4, -0.2) is 22.1 Å². The molecule has 5 nitrogen and oxygen atoms in total. The molecule has 0 saturated heterocycles. The van der Waals surface area contributed by atoms with Gasteiger partial charge in [-0.15, -0.1) is 0 Å². The lowest BCUT2D eigenvalue weighted by Gasteiger charge is -2.11. The van der Waals surface area contributed by atoms with Gasteiger partial charge in [0.15, 0.2) is 5.16 Å². The SMILES string of the molecule is C=CCOc1ccc(C(=O)Nc2cc(F)ccc2Sc2nccn2C)cc1. The van der Waals surface area contributed by atoms with Crippen LogP contribution in [0.4, 0.5) is 10.1 Å². The highest BCUT2D eigenvalue weighted by Gasteiger charge is 2.13. The van der Waals surface area contributed by atoms with Gasteiger partial charge in [0.2, 0.25) is 0 Å². The summed E-state index contributed by atoms with van der Waals surface area (Å²) < 4.78 is 21.0. The molecule has 0 aliphatic carbocycles. The van der Waals surface area contributed by atoms with Crippen LogP contribution in [-0.2, 0) is 7.05 Å². The Labute approximate surface area is 160 Å². The molecule has 27 heavy (non-hydrogen) atoms. The summed E-state index contributed by atoms with van der Waals surface area (Å²) in [5, 5.41) is 3.51. The second-order valence-corrected chi connectivity index (χ2v) is 6.65. The minimum atomic E-state index is -0.428. The molecule has 0 radical (unpaired) electrons. The van der Waals surface area contributed by atoms with Crippen molar-refractivity contribution in [3.05, 3.63) is 78.9 Å². The molecule has 1 heterocycles. The van der Waals surface area contributed by atoms with Crippen molar-refractivity contribution < 1.29 is 13.9 Å². The van der Waals surface area contributed by atoms with Crippen molar-refractivity contribution in [2.75, 3.05) is 11.9 Å². The Kier molecular flexibility index (Phi) is 5.93. The van der Waals surface area contributed by atoms with E-state index in [0.29, 0.717) is 28.5 Å². The number of carbonyl (C=O) groups excluding carboxylic acids is 1. The molecule has 1 amide bonds. The van der Waals surface area contributed by atoms with Crippen LogP contribution in [0.1, 0.15) is 10.4 Å². The van der Waals surface area contributed by atoms with Crippen LogP contribution in [0.25, 0.3) is 0 Å². The molecule has 0 bridgehead atoms. The minimum absolute atomic E-state index is 0.336. The Morgan fingerprint density at radius 3 is 2.78 bits per heavy atom. The van der Waals surface area contributed by atoms with Gasteiger partial charge in [-0.3, -0.25) is 4.79 Å². The lowest BCUT2D eigenvalue weighted by Crippen LogP contribution is -2.12. The number of halogens is 1. The van der Waals surface area contributed by atoms with Gasteiger partial charge in [0.1, 0.15) is 18.2 Å². The predicted octanol–water partition coefficient (Wildman–Crippen LogP) is 4.53. The number of nitrogens with one attached hydrogen (secondary N) is 1. The van der Waals surface area contributed by atoms with Crippen molar-refractivity contribution in [1.82, 2.24) is 9.55 Å². The van der Waals surface area contributed by atoms with Crippen LogP contribution in [0, 0.1) is 5.82 Å². The van der Waals surface area contributed by atoms with E-state index in [1.165, 1.54) is 23.9 Å². The molecule has 3 aromatic rings. The number of nitrogens with zero attached hydrogens (tertiary/aromatic N) is 2. The summed E-state index contributed by atoms with van der Waals surface area (Å²) >= 11 is 1.35. The fourth-order valence-electron chi connectivity index (χ4n) is 2.29. The maximum Gasteiger partial charge on any atom is 0.255 e. The molecule has 0 saturated carbocycles. The molecule has 138 valence electrons. The van der Waals surface area contributed by atoms with Gasteiger partial charge in [-0.25, -0.2) is 9.37 Å². The summed E-state index contributed by atoms with van der Waals surface area (Å²) in [4.78, 5) is 17.5. The highest BCUT2D eigenvalue weighted by Crippen LogP contribution is 2.33. The first-order valence-corrected chi connectivity index (χ1v) is 8.98. The van der Waals surface area contributed by atoms with E-state index in [1.54, 1.807) is 42.6 Å². The Bertz CT molecular complexity index is 954. The highest BCUT2D eigenvalue weighted by atomic mass is 32.2. The molecular weight excluding hydrogens is 365 g/mol. The zero-order valence-corrected chi connectivity index (χ0v) is 15.5. The van der Waals surface area contributed by atoms with Crippen LogP contribution in [0.5, 0.6) is 5.75 Å². The number of imidazole rings is 1. The average Bonchev–Trinajstić information content (AvgIpc) is 3.07. The molecule has 0 aliphatic rings. The molecule has 0 spiro atoms. The van der Waals surface area contributed by atoms with E-state index in [4.69, 9.17) is 4.74 Å². The third kappa shape index (κ3) is 4.77. The Balaban J connectivity index is 1.78. The number of ether oxygens (including phenoxy) is 1. The Hall–Kier alpha value is -3.06. The van der Waals surface area contributed by atoms with E-state index >= 15 is 0 Å². The van der Waals surface area contributed by atoms with Crippen molar-refractivity contribution in [2.24, 2.45) is 7.05 Å². The zero-order valence-electron chi connectivity index (χ0n) is 14.7. The normalized spacial score (nSPS) is 10.4. The van der Waals surface area contributed by atoms with Crippen LogP contribution < -0.4 is 10.1 Å². The first kappa shape index (κ1) is 18.7. The second-order valence-electron chi connectivity index (χ2n) is 5.64. The van der Waals surface area contributed by atoms with Crippen molar-refractivity contribution >= 4 is 23.4 Å². The number of amides is 1. The Morgan fingerprint density at radius 2 is 2.11 bits per heavy atom. The quantitative estimate of drug-likeness (QED) is 0.609. The van der Waals surface area contributed by atoms with Crippen molar-refractivity contribution in [2.45, 2.75) is 10.1 Å². The molecule has 7 heteroatoms. The van der Waals surface area contributed by atoms with Crippen LogP contribution in [0.15, 0.2) is 77.6 Å². The lowest BCUT2D eigenvalue weighted by molar-refractivity contribution is 0.102. The summed E-state index contributed by atoms with van der Waals surface area (Å²) in [6, 6.07) is 11.0. The molecule has 0 atom stereocenters. The van der Waals surface area contributed by atoms with Gasteiger partial charge in [0.25, 0.3) is 5.91 Å². The fourth-order valence-corrected chi connectivity index (χ4v) is 3.16. The molecule has 1 N–H and O–H groups in total. The van der Waals surface area contributed by atoms with Gasteiger partial charge in [-0.2, -0.15) is 0 Å². The first-order chi connectivity index (χ1) is 13.1. The number of aromatic nitrogens is 2. The monoisotopic (exact) mass is 383 g/mol. The number of aryl methyl sites for hydroxylation is 1. The van der Waals surface area contributed by atoms with Gasteiger partial charge < -0.3 is 14.6 Å².